The molecule has 0 aromatic heterocycles. The van der Waals surface area contributed by atoms with Crippen LogP contribution in [-0.4, -0.2) is 12.2 Å². The van der Waals surface area contributed by atoms with Crippen LogP contribution >= 0.6 is 0 Å². The minimum Gasteiger partial charge on any atom is -0.504 e. The maximum absolute atomic E-state index is 9.62. The normalized spacial score (nSPS) is 11.5. The number of nitrogens with two attached hydrogens (primary N) is 1. The predicted molar refractivity (Wildman–Crippen MR) is 56.6 cm³/mol. The number of methoxy groups -OCH3 is 1. The summed E-state index contributed by atoms with van der Waals surface area (Å²) < 4.78 is 5.06. The van der Waals surface area contributed by atoms with Crippen molar-refractivity contribution in [3.05, 3.63) is 23.3 Å². The van der Waals surface area contributed by atoms with Crippen molar-refractivity contribution in [2.45, 2.75) is 26.3 Å². The van der Waals surface area contributed by atoms with Gasteiger partial charge in [0.2, 0.25) is 0 Å². The topological polar surface area (TPSA) is 55.5 Å². The second-order valence-corrected chi connectivity index (χ2v) is 4.07. The Bertz CT molecular complexity index is 340. The van der Waals surface area contributed by atoms with Crippen LogP contribution < -0.4 is 10.5 Å². The van der Waals surface area contributed by atoms with Gasteiger partial charge in [0.1, 0.15) is 0 Å². The average molecular weight is 195 g/mol. The fourth-order valence-corrected chi connectivity index (χ4v) is 1.27. The van der Waals surface area contributed by atoms with E-state index in [-0.39, 0.29) is 5.75 Å². The molecule has 0 aliphatic heterocycles. The summed E-state index contributed by atoms with van der Waals surface area (Å²) in [5, 5.41) is 9.62. The minimum atomic E-state index is -0.425. The van der Waals surface area contributed by atoms with Crippen LogP contribution in [0.4, 0.5) is 0 Å². The zero-order valence-electron chi connectivity index (χ0n) is 9.09. The van der Waals surface area contributed by atoms with E-state index in [1.165, 1.54) is 7.11 Å². The Kier molecular flexibility index (Phi) is 2.71. The molecule has 0 saturated carbocycles. The molecule has 0 bridgehead atoms. The number of aryl methyl sites for hydroxylation is 1. The van der Waals surface area contributed by atoms with Crippen LogP contribution in [0.15, 0.2) is 12.1 Å². The van der Waals surface area contributed by atoms with E-state index >= 15 is 0 Å². The first kappa shape index (κ1) is 10.9. The van der Waals surface area contributed by atoms with Crippen LogP contribution in [0.2, 0.25) is 0 Å². The van der Waals surface area contributed by atoms with Crippen LogP contribution in [0.5, 0.6) is 11.5 Å². The zero-order chi connectivity index (χ0) is 10.9. The Balaban J connectivity index is 3.30. The van der Waals surface area contributed by atoms with Crippen molar-refractivity contribution in [1.29, 1.82) is 0 Å². The van der Waals surface area contributed by atoms with E-state index in [9.17, 15) is 5.11 Å². The molecule has 0 amide bonds. The number of benzene rings is 1. The Labute approximate surface area is 84.5 Å². The number of hydrogen-bond acceptors (Lipinski definition) is 3. The van der Waals surface area contributed by atoms with Crippen molar-refractivity contribution in [2.75, 3.05) is 7.11 Å². The molecule has 1 aromatic rings. The lowest BCUT2D eigenvalue weighted by atomic mass is 9.93. The lowest BCUT2D eigenvalue weighted by Crippen LogP contribution is -2.28. The second kappa shape index (κ2) is 3.50. The Hall–Kier alpha value is -1.22. The van der Waals surface area contributed by atoms with Gasteiger partial charge < -0.3 is 15.6 Å². The van der Waals surface area contributed by atoms with Crippen molar-refractivity contribution in [3.63, 3.8) is 0 Å². The predicted octanol–water partition coefficient (Wildman–Crippen LogP) is 1.90. The summed E-state index contributed by atoms with van der Waals surface area (Å²) in [5.74, 6) is 0.652. The first-order valence-electron chi connectivity index (χ1n) is 4.53. The summed E-state index contributed by atoms with van der Waals surface area (Å²) in [6.45, 7) is 5.66. The number of aromatic hydroxyl groups is 1. The molecule has 78 valence electrons. The van der Waals surface area contributed by atoms with Gasteiger partial charge in [0.25, 0.3) is 0 Å². The quantitative estimate of drug-likeness (QED) is 0.757. The van der Waals surface area contributed by atoms with E-state index in [0.717, 1.165) is 11.1 Å². The molecule has 1 rings (SSSR count). The summed E-state index contributed by atoms with van der Waals surface area (Å²) in [5.41, 5.74) is 7.26. The molecule has 0 heterocycles. The lowest BCUT2D eigenvalue weighted by molar-refractivity contribution is 0.369. The third kappa shape index (κ3) is 1.99. The molecule has 0 saturated heterocycles. The number of hydrogen-bond donors (Lipinski definition) is 2. The third-order valence-electron chi connectivity index (χ3n) is 2.23. The van der Waals surface area contributed by atoms with Gasteiger partial charge in [-0.25, -0.2) is 0 Å². The van der Waals surface area contributed by atoms with Gasteiger partial charge in [-0.15, -0.1) is 0 Å². The number of phenolic OH excluding ortho intramolecular Hbond substituents is 1. The van der Waals surface area contributed by atoms with E-state index in [1.807, 2.05) is 26.8 Å². The van der Waals surface area contributed by atoms with Gasteiger partial charge >= 0.3 is 0 Å². The molecule has 1 aromatic carbocycles. The van der Waals surface area contributed by atoms with Crippen molar-refractivity contribution in [3.8, 4) is 11.5 Å². The molecule has 0 spiro atoms. The van der Waals surface area contributed by atoms with Crippen LogP contribution in [0.1, 0.15) is 25.0 Å². The molecule has 14 heavy (non-hydrogen) atoms. The molecule has 3 heteroatoms. The van der Waals surface area contributed by atoms with Crippen LogP contribution in [-0.2, 0) is 5.54 Å². The highest BCUT2D eigenvalue weighted by Crippen LogP contribution is 2.33. The van der Waals surface area contributed by atoms with Gasteiger partial charge in [-0.05, 0) is 38.0 Å². The van der Waals surface area contributed by atoms with Gasteiger partial charge in [0.05, 0.1) is 7.11 Å². The Morgan fingerprint density at radius 3 is 2.36 bits per heavy atom. The SMILES string of the molecule is COc1cc(C(C)(C)N)cc(C)c1O. The van der Waals surface area contributed by atoms with Gasteiger partial charge in [0, 0.05) is 5.54 Å². The smallest absolute Gasteiger partial charge is 0.161 e. The van der Waals surface area contributed by atoms with Crippen molar-refractivity contribution in [2.24, 2.45) is 5.73 Å². The standard InChI is InChI=1S/C11H17NO2/c1-7-5-8(11(2,3)12)6-9(14-4)10(7)13/h5-6,13H,12H2,1-4H3. The van der Waals surface area contributed by atoms with Gasteiger partial charge in [0.15, 0.2) is 11.5 Å². The second-order valence-electron chi connectivity index (χ2n) is 4.07. The molecule has 0 radical (unpaired) electrons. The average Bonchev–Trinajstić information content (AvgIpc) is 2.07. The fourth-order valence-electron chi connectivity index (χ4n) is 1.27. The summed E-state index contributed by atoms with van der Waals surface area (Å²) in [7, 11) is 1.53. The molecule has 0 unspecified atom stereocenters. The van der Waals surface area contributed by atoms with E-state index in [0.29, 0.717) is 5.75 Å². The first-order valence-corrected chi connectivity index (χ1v) is 4.53. The molecule has 0 fully saturated rings. The van der Waals surface area contributed by atoms with Crippen molar-refractivity contribution < 1.29 is 9.84 Å². The highest BCUT2D eigenvalue weighted by molar-refractivity contribution is 5.49. The lowest BCUT2D eigenvalue weighted by Gasteiger charge is -2.21. The van der Waals surface area contributed by atoms with Crippen LogP contribution in [0, 0.1) is 6.92 Å². The molecule has 0 aliphatic carbocycles. The maximum Gasteiger partial charge on any atom is 0.161 e. The van der Waals surface area contributed by atoms with Crippen LogP contribution in [0.3, 0.4) is 0 Å². The van der Waals surface area contributed by atoms with E-state index in [1.54, 1.807) is 6.07 Å². The summed E-state index contributed by atoms with van der Waals surface area (Å²) >= 11 is 0. The molecule has 3 nitrogen and oxygen atoms in total. The Morgan fingerprint density at radius 2 is 1.93 bits per heavy atom. The maximum atomic E-state index is 9.62. The molecule has 3 N–H and O–H groups in total. The molecular weight excluding hydrogens is 178 g/mol. The minimum absolute atomic E-state index is 0.181. The fraction of sp³-hybridized carbons (Fsp3) is 0.455. The monoisotopic (exact) mass is 195 g/mol. The summed E-state index contributed by atoms with van der Waals surface area (Å²) in [4.78, 5) is 0. The largest absolute Gasteiger partial charge is 0.504 e. The van der Waals surface area contributed by atoms with E-state index in [4.69, 9.17) is 10.5 Å². The zero-order valence-corrected chi connectivity index (χ0v) is 9.09. The van der Waals surface area contributed by atoms with E-state index in [2.05, 4.69) is 0 Å². The number of ether oxygens (including phenoxy) is 1. The summed E-state index contributed by atoms with van der Waals surface area (Å²) in [6, 6.07) is 3.64. The van der Waals surface area contributed by atoms with Crippen LogP contribution in [0.25, 0.3) is 0 Å². The highest BCUT2D eigenvalue weighted by Gasteiger charge is 2.17. The van der Waals surface area contributed by atoms with Gasteiger partial charge in [-0.2, -0.15) is 0 Å². The number of rotatable bonds is 2. The Morgan fingerprint density at radius 1 is 1.36 bits per heavy atom. The summed E-state index contributed by atoms with van der Waals surface area (Å²) in [6.07, 6.45) is 0. The highest BCUT2D eigenvalue weighted by atomic mass is 16.5. The van der Waals surface area contributed by atoms with Crippen molar-refractivity contribution in [1.82, 2.24) is 0 Å². The molecular formula is C11H17NO2. The number of phenols is 1. The van der Waals surface area contributed by atoms with Gasteiger partial charge in [-0.3, -0.25) is 0 Å². The molecule has 0 aliphatic rings. The van der Waals surface area contributed by atoms with E-state index < -0.39 is 5.54 Å². The molecule has 0 atom stereocenters. The first-order chi connectivity index (χ1) is 6.36. The third-order valence-corrected chi connectivity index (χ3v) is 2.23. The van der Waals surface area contributed by atoms with Crippen molar-refractivity contribution >= 4 is 0 Å². The van der Waals surface area contributed by atoms with Gasteiger partial charge in [-0.1, -0.05) is 6.07 Å².